The van der Waals surface area contributed by atoms with Gasteiger partial charge in [-0.1, -0.05) is 12.1 Å². The van der Waals surface area contributed by atoms with Crippen LogP contribution in [0.2, 0.25) is 0 Å². The molecule has 0 aliphatic carbocycles. The van der Waals surface area contributed by atoms with Crippen molar-refractivity contribution in [1.82, 2.24) is 4.90 Å². The fourth-order valence-corrected chi connectivity index (χ4v) is 2.76. The number of hydrogen-bond acceptors (Lipinski definition) is 5. The lowest BCUT2D eigenvalue weighted by Crippen LogP contribution is -2.44. The molecule has 0 saturated carbocycles. The highest BCUT2D eigenvalue weighted by molar-refractivity contribution is 5.96. The minimum absolute atomic E-state index is 0.0330. The second-order valence-electron chi connectivity index (χ2n) is 5.70. The van der Waals surface area contributed by atoms with Gasteiger partial charge in [0, 0.05) is 24.8 Å². The van der Waals surface area contributed by atoms with Crippen molar-refractivity contribution in [3.8, 4) is 0 Å². The van der Waals surface area contributed by atoms with Crippen LogP contribution in [-0.2, 0) is 9.53 Å². The van der Waals surface area contributed by atoms with E-state index >= 15 is 0 Å². The summed E-state index contributed by atoms with van der Waals surface area (Å²) < 4.78 is 5.18. The number of aliphatic hydroxyl groups excluding tert-OH is 1. The quantitative estimate of drug-likeness (QED) is 0.779. The van der Waals surface area contributed by atoms with Gasteiger partial charge in [-0.25, -0.2) is 4.79 Å². The fraction of sp³-hybridized carbons (Fsp3) is 0.529. The SMILES string of the molecule is C[C@H]1CCCCN1C(=O)COC(=O)c1ccccc1NCCO. The maximum atomic E-state index is 12.2. The van der Waals surface area contributed by atoms with Gasteiger partial charge in [0.15, 0.2) is 6.61 Å². The second-order valence-corrected chi connectivity index (χ2v) is 5.70. The maximum absolute atomic E-state index is 12.2. The Morgan fingerprint density at radius 3 is 2.87 bits per heavy atom. The van der Waals surface area contributed by atoms with Crippen LogP contribution >= 0.6 is 0 Å². The van der Waals surface area contributed by atoms with Gasteiger partial charge < -0.3 is 20.1 Å². The van der Waals surface area contributed by atoms with Gasteiger partial charge >= 0.3 is 5.97 Å². The predicted molar refractivity (Wildman–Crippen MR) is 87.3 cm³/mol. The van der Waals surface area contributed by atoms with Crippen molar-refractivity contribution in [2.24, 2.45) is 0 Å². The topological polar surface area (TPSA) is 78.9 Å². The lowest BCUT2D eigenvalue weighted by atomic mass is 10.0. The summed E-state index contributed by atoms with van der Waals surface area (Å²) in [7, 11) is 0. The molecule has 0 spiro atoms. The van der Waals surface area contributed by atoms with Crippen LogP contribution in [0.25, 0.3) is 0 Å². The molecule has 0 unspecified atom stereocenters. The van der Waals surface area contributed by atoms with Crippen molar-refractivity contribution >= 4 is 17.6 Å². The lowest BCUT2D eigenvalue weighted by Gasteiger charge is -2.33. The first kappa shape index (κ1) is 17.3. The van der Waals surface area contributed by atoms with Crippen molar-refractivity contribution in [3.05, 3.63) is 29.8 Å². The Morgan fingerprint density at radius 2 is 2.13 bits per heavy atom. The molecule has 6 nitrogen and oxygen atoms in total. The number of nitrogens with one attached hydrogen (secondary N) is 1. The normalized spacial score (nSPS) is 17.7. The van der Waals surface area contributed by atoms with E-state index in [9.17, 15) is 9.59 Å². The van der Waals surface area contributed by atoms with Crippen LogP contribution in [0.15, 0.2) is 24.3 Å². The zero-order valence-electron chi connectivity index (χ0n) is 13.5. The average Bonchev–Trinajstić information content (AvgIpc) is 2.58. The average molecular weight is 320 g/mol. The van der Waals surface area contributed by atoms with E-state index in [-0.39, 0.29) is 25.2 Å². The highest BCUT2D eigenvalue weighted by Crippen LogP contribution is 2.18. The summed E-state index contributed by atoms with van der Waals surface area (Å²) in [5, 5.41) is 11.8. The molecule has 1 aromatic carbocycles. The van der Waals surface area contributed by atoms with Crippen molar-refractivity contribution < 1.29 is 19.4 Å². The lowest BCUT2D eigenvalue weighted by molar-refractivity contribution is -0.137. The number of anilines is 1. The zero-order chi connectivity index (χ0) is 16.7. The monoisotopic (exact) mass is 320 g/mol. The molecule has 1 atom stereocenters. The third-order valence-electron chi connectivity index (χ3n) is 4.02. The number of benzene rings is 1. The number of para-hydroxylation sites is 1. The molecule has 1 fully saturated rings. The van der Waals surface area contributed by atoms with Gasteiger partial charge in [0.1, 0.15) is 0 Å². The number of likely N-dealkylation sites (tertiary alicyclic amines) is 1. The molecule has 2 rings (SSSR count). The van der Waals surface area contributed by atoms with E-state index in [0.29, 0.717) is 17.8 Å². The molecule has 1 aromatic rings. The van der Waals surface area contributed by atoms with E-state index in [1.165, 1.54) is 0 Å². The van der Waals surface area contributed by atoms with Gasteiger partial charge in [0.2, 0.25) is 0 Å². The summed E-state index contributed by atoms with van der Waals surface area (Å²) in [5.41, 5.74) is 0.950. The van der Waals surface area contributed by atoms with E-state index in [4.69, 9.17) is 9.84 Å². The van der Waals surface area contributed by atoms with Crippen molar-refractivity contribution in [2.75, 3.05) is 31.6 Å². The molecule has 0 radical (unpaired) electrons. The van der Waals surface area contributed by atoms with Gasteiger partial charge in [-0.2, -0.15) is 0 Å². The Kier molecular flexibility index (Phi) is 6.40. The van der Waals surface area contributed by atoms with E-state index in [2.05, 4.69) is 5.32 Å². The predicted octanol–water partition coefficient (Wildman–Crippen LogP) is 1.65. The molecule has 1 saturated heterocycles. The number of piperidine rings is 1. The van der Waals surface area contributed by atoms with Crippen molar-refractivity contribution in [2.45, 2.75) is 32.2 Å². The molecule has 0 bridgehead atoms. The maximum Gasteiger partial charge on any atom is 0.340 e. The van der Waals surface area contributed by atoms with E-state index in [1.807, 2.05) is 6.92 Å². The molecular weight excluding hydrogens is 296 g/mol. The van der Waals surface area contributed by atoms with E-state index in [0.717, 1.165) is 25.8 Å². The molecule has 1 amide bonds. The minimum Gasteiger partial charge on any atom is -0.452 e. The Labute approximate surface area is 136 Å². The smallest absolute Gasteiger partial charge is 0.340 e. The fourth-order valence-electron chi connectivity index (χ4n) is 2.76. The summed E-state index contributed by atoms with van der Waals surface area (Å²) in [6.07, 6.45) is 3.13. The first-order chi connectivity index (χ1) is 11.1. The molecular formula is C17H24N2O4. The van der Waals surface area contributed by atoms with Crippen LogP contribution in [0.3, 0.4) is 0 Å². The van der Waals surface area contributed by atoms with Crippen LogP contribution in [0, 0.1) is 0 Å². The van der Waals surface area contributed by atoms with Crippen LogP contribution in [0.5, 0.6) is 0 Å². The van der Waals surface area contributed by atoms with Gasteiger partial charge in [-0.15, -0.1) is 0 Å². The van der Waals surface area contributed by atoms with Gasteiger partial charge in [-0.05, 0) is 38.3 Å². The Hall–Kier alpha value is -2.08. The minimum atomic E-state index is -0.538. The zero-order valence-corrected chi connectivity index (χ0v) is 13.5. The van der Waals surface area contributed by atoms with Crippen molar-refractivity contribution in [3.63, 3.8) is 0 Å². The standard InChI is InChI=1S/C17H24N2O4/c1-13-6-4-5-10-19(13)16(21)12-23-17(22)14-7-2-3-8-15(14)18-9-11-20/h2-3,7-8,13,18,20H,4-6,9-12H2,1H3/t13-/m0/s1. The van der Waals surface area contributed by atoms with Crippen LogP contribution < -0.4 is 5.32 Å². The number of carbonyl (C=O) groups excluding carboxylic acids is 2. The summed E-state index contributed by atoms with van der Waals surface area (Å²) in [5.74, 6) is -0.685. The van der Waals surface area contributed by atoms with Gasteiger partial charge in [-0.3, -0.25) is 4.79 Å². The molecule has 1 aliphatic rings. The van der Waals surface area contributed by atoms with Gasteiger partial charge in [0.05, 0.1) is 12.2 Å². The van der Waals surface area contributed by atoms with Crippen LogP contribution in [-0.4, -0.2) is 54.2 Å². The molecule has 23 heavy (non-hydrogen) atoms. The summed E-state index contributed by atoms with van der Waals surface area (Å²) >= 11 is 0. The number of hydrogen-bond donors (Lipinski definition) is 2. The molecule has 2 N–H and O–H groups in total. The molecule has 1 heterocycles. The largest absolute Gasteiger partial charge is 0.452 e. The third-order valence-corrected chi connectivity index (χ3v) is 4.02. The summed E-state index contributed by atoms with van der Waals surface area (Å²) in [6, 6.07) is 7.09. The highest BCUT2D eigenvalue weighted by atomic mass is 16.5. The molecule has 1 aliphatic heterocycles. The van der Waals surface area contributed by atoms with Crippen molar-refractivity contribution in [1.29, 1.82) is 0 Å². The summed E-state index contributed by atoms with van der Waals surface area (Å²) in [6.45, 7) is 2.82. The Balaban J connectivity index is 1.93. The van der Waals surface area contributed by atoms with Crippen LogP contribution in [0.1, 0.15) is 36.5 Å². The number of ether oxygens (including phenoxy) is 1. The third kappa shape index (κ3) is 4.69. The number of aliphatic hydroxyl groups is 1. The van der Waals surface area contributed by atoms with E-state index in [1.54, 1.807) is 29.2 Å². The number of rotatable bonds is 6. The molecule has 0 aromatic heterocycles. The van der Waals surface area contributed by atoms with Gasteiger partial charge in [0.25, 0.3) is 5.91 Å². The Morgan fingerprint density at radius 1 is 1.35 bits per heavy atom. The summed E-state index contributed by atoms with van der Waals surface area (Å²) in [4.78, 5) is 26.2. The number of nitrogens with zero attached hydrogens (tertiary/aromatic N) is 1. The number of esters is 1. The first-order valence-corrected chi connectivity index (χ1v) is 8.04. The number of carbonyl (C=O) groups is 2. The van der Waals surface area contributed by atoms with E-state index < -0.39 is 5.97 Å². The highest BCUT2D eigenvalue weighted by Gasteiger charge is 2.24. The molecule has 126 valence electrons. The Bertz CT molecular complexity index is 547. The first-order valence-electron chi connectivity index (χ1n) is 8.04. The second kappa shape index (κ2) is 8.53. The molecule has 6 heteroatoms. The van der Waals surface area contributed by atoms with Crippen LogP contribution in [0.4, 0.5) is 5.69 Å². The number of amides is 1.